The van der Waals surface area contributed by atoms with Gasteiger partial charge >= 0.3 is 0 Å². The van der Waals surface area contributed by atoms with Crippen LogP contribution < -0.4 is 0 Å². The average molecular weight is 214 g/mol. The molecule has 0 amide bonds. The number of hydrogen-bond donors (Lipinski definition) is 0. The first-order valence-corrected chi connectivity index (χ1v) is 4.87. The molecular weight excluding hydrogens is 210 g/mol. The van der Waals surface area contributed by atoms with Crippen LogP contribution in [-0.4, -0.2) is 0 Å². The van der Waals surface area contributed by atoms with E-state index in [4.69, 9.17) is 33.9 Å². The molecule has 54 valence electrons. The summed E-state index contributed by atoms with van der Waals surface area (Å²) in [5.41, 5.74) is 0. The van der Waals surface area contributed by atoms with Gasteiger partial charge in [0.25, 0.3) is 0 Å². The van der Waals surface area contributed by atoms with Crippen LogP contribution in [0.5, 0.6) is 0 Å². The van der Waals surface area contributed by atoms with Crippen LogP contribution in [0.3, 0.4) is 0 Å². The third-order valence-corrected chi connectivity index (χ3v) is 2.66. The topological polar surface area (TPSA) is 0 Å². The minimum Gasteiger partial charge on any atom is -0.0843 e. The van der Waals surface area contributed by atoms with Crippen LogP contribution in [0.2, 0.25) is 10.0 Å². The Bertz CT molecular complexity index is 236. The van der Waals surface area contributed by atoms with E-state index in [1.807, 2.05) is 0 Å². The van der Waals surface area contributed by atoms with E-state index in [0.717, 1.165) is 15.9 Å². The van der Waals surface area contributed by atoms with Gasteiger partial charge in [-0.25, -0.2) is 0 Å². The fourth-order valence-electron chi connectivity index (χ4n) is 0.538. The van der Waals surface area contributed by atoms with Crippen molar-refractivity contribution >= 4 is 44.9 Å². The van der Waals surface area contributed by atoms with E-state index in [1.54, 1.807) is 18.2 Å². The van der Waals surface area contributed by atoms with Gasteiger partial charge in [0.05, 0.1) is 5.02 Å². The fraction of sp³-hybridized carbons (Fsp3) is 0. The smallest absolute Gasteiger partial charge is 0.0568 e. The highest BCUT2D eigenvalue weighted by Crippen LogP contribution is 2.31. The standard InChI is InChI=1S/C6H3Cl3S/c7-4-1-2-6(10-9)5(8)3-4/h1-3H. The van der Waals surface area contributed by atoms with Crippen molar-refractivity contribution in [2.45, 2.75) is 4.90 Å². The quantitative estimate of drug-likeness (QED) is 0.672. The lowest BCUT2D eigenvalue weighted by molar-refractivity contribution is 1.47. The Hall–Kier alpha value is 0.440. The van der Waals surface area contributed by atoms with E-state index in [-0.39, 0.29) is 0 Å². The van der Waals surface area contributed by atoms with Crippen molar-refractivity contribution in [3.8, 4) is 0 Å². The average Bonchev–Trinajstić information content (AvgIpc) is 1.88. The SMILES string of the molecule is ClSc1ccc(Cl)cc1Cl. The molecule has 0 bridgehead atoms. The van der Waals surface area contributed by atoms with Crippen LogP contribution in [0.25, 0.3) is 0 Å². The van der Waals surface area contributed by atoms with Crippen LogP contribution >= 0.6 is 44.9 Å². The Balaban J connectivity index is 3.07. The minimum absolute atomic E-state index is 0.590. The largest absolute Gasteiger partial charge is 0.0843 e. The zero-order chi connectivity index (χ0) is 7.56. The molecule has 1 rings (SSSR count). The number of rotatable bonds is 1. The third-order valence-electron chi connectivity index (χ3n) is 0.977. The summed E-state index contributed by atoms with van der Waals surface area (Å²) in [7, 11) is 6.56. The van der Waals surface area contributed by atoms with Gasteiger partial charge in [0.2, 0.25) is 0 Å². The molecule has 0 heterocycles. The van der Waals surface area contributed by atoms with E-state index < -0.39 is 0 Å². The Morgan fingerprint density at radius 3 is 2.40 bits per heavy atom. The zero-order valence-electron chi connectivity index (χ0n) is 4.77. The molecule has 0 saturated heterocycles. The first-order valence-electron chi connectivity index (χ1n) is 2.47. The molecule has 4 heteroatoms. The maximum atomic E-state index is 5.74. The lowest BCUT2D eigenvalue weighted by atomic mass is 10.4. The van der Waals surface area contributed by atoms with Crippen LogP contribution in [0.4, 0.5) is 0 Å². The van der Waals surface area contributed by atoms with Crippen LogP contribution in [0, 0.1) is 0 Å². The molecule has 0 radical (unpaired) electrons. The molecular formula is C6H3Cl3S. The van der Waals surface area contributed by atoms with Crippen molar-refractivity contribution in [2.24, 2.45) is 0 Å². The molecule has 0 nitrogen and oxygen atoms in total. The van der Waals surface area contributed by atoms with Gasteiger partial charge in [0, 0.05) is 9.92 Å². The van der Waals surface area contributed by atoms with E-state index in [2.05, 4.69) is 0 Å². The van der Waals surface area contributed by atoms with Crippen LogP contribution in [-0.2, 0) is 0 Å². The molecule has 0 spiro atoms. The van der Waals surface area contributed by atoms with Gasteiger partial charge in [-0.05, 0) is 39.9 Å². The first-order chi connectivity index (χ1) is 4.74. The second kappa shape index (κ2) is 3.72. The van der Waals surface area contributed by atoms with Crippen molar-refractivity contribution in [1.29, 1.82) is 0 Å². The molecule has 0 N–H and O–H groups in total. The highest BCUT2D eigenvalue weighted by molar-refractivity contribution is 8.21. The lowest BCUT2D eigenvalue weighted by Crippen LogP contribution is -1.69. The zero-order valence-corrected chi connectivity index (χ0v) is 7.86. The fourth-order valence-corrected chi connectivity index (χ4v) is 1.84. The normalized spacial score (nSPS) is 9.90. The van der Waals surface area contributed by atoms with Gasteiger partial charge in [-0.1, -0.05) is 23.2 Å². The van der Waals surface area contributed by atoms with Crippen molar-refractivity contribution in [1.82, 2.24) is 0 Å². The molecule has 10 heavy (non-hydrogen) atoms. The molecule has 1 aromatic rings. The monoisotopic (exact) mass is 212 g/mol. The maximum Gasteiger partial charge on any atom is 0.0568 e. The summed E-state index contributed by atoms with van der Waals surface area (Å²) in [6.07, 6.45) is 0. The molecule has 0 aromatic heterocycles. The Morgan fingerprint density at radius 1 is 1.20 bits per heavy atom. The van der Waals surface area contributed by atoms with Crippen LogP contribution in [0.1, 0.15) is 0 Å². The summed E-state index contributed by atoms with van der Waals surface area (Å²) < 4.78 is 0. The predicted octanol–water partition coefficient (Wildman–Crippen LogP) is 4.24. The summed E-state index contributed by atoms with van der Waals surface area (Å²) in [5.74, 6) is 0. The molecule has 0 fully saturated rings. The molecule has 0 aliphatic heterocycles. The number of hydrogen-bond acceptors (Lipinski definition) is 1. The van der Waals surface area contributed by atoms with Crippen molar-refractivity contribution < 1.29 is 0 Å². The third kappa shape index (κ3) is 1.96. The summed E-state index contributed by atoms with van der Waals surface area (Å²) in [5, 5.41) is 1.21. The highest BCUT2D eigenvalue weighted by atomic mass is 35.7. The van der Waals surface area contributed by atoms with E-state index in [1.165, 1.54) is 0 Å². The van der Waals surface area contributed by atoms with Crippen molar-refractivity contribution in [2.75, 3.05) is 0 Å². The number of benzene rings is 1. The second-order valence-corrected chi connectivity index (χ2v) is 3.55. The molecule has 1 aromatic carbocycles. The summed E-state index contributed by atoms with van der Waals surface area (Å²) in [6, 6.07) is 5.19. The Morgan fingerprint density at radius 2 is 1.90 bits per heavy atom. The second-order valence-electron chi connectivity index (χ2n) is 1.65. The molecule has 0 unspecified atom stereocenters. The van der Waals surface area contributed by atoms with Gasteiger partial charge in [0.15, 0.2) is 0 Å². The van der Waals surface area contributed by atoms with E-state index in [0.29, 0.717) is 10.0 Å². The summed E-state index contributed by atoms with van der Waals surface area (Å²) in [4.78, 5) is 0.827. The van der Waals surface area contributed by atoms with Gasteiger partial charge in [-0.3, -0.25) is 0 Å². The van der Waals surface area contributed by atoms with E-state index >= 15 is 0 Å². The van der Waals surface area contributed by atoms with Crippen molar-refractivity contribution in [3.05, 3.63) is 28.2 Å². The van der Waals surface area contributed by atoms with Gasteiger partial charge in [0.1, 0.15) is 0 Å². The van der Waals surface area contributed by atoms with E-state index in [9.17, 15) is 0 Å². The highest BCUT2D eigenvalue weighted by Gasteiger charge is 1.98. The molecule has 0 aliphatic carbocycles. The maximum absolute atomic E-state index is 5.74. The van der Waals surface area contributed by atoms with Gasteiger partial charge in [-0.15, -0.1) is 0 Å². The Kier molecular flexibility index (Phi) is 3.18. The van der Waals surface area contributed by atoms with Crippen LogP contribution in [0.15, 0.2) is 23.1 Å². The Labute approximate surface area is 78.0 Å². The van der Waals surface area contributed by atoms with Crippen molar-refractivity contribution in [3.63, 3.8) is 0 Å². The summed E-state index contributed by atoms with van der Waals surface area (Å²) in [6.45, 7) is 0. The summed E-state index contributed by atoms with van der Waals surface area (Å²) >= 11 is 11.4. The number of halogens is 3. The molecule has 0 saturated carbocycles. The predicted molar refractivity (Wildman–Crippen MR) is 48.2 cm³/mol. The molecule has 0 aliphatic rings. The van der Waals surface area contributed by atoms with Gasteiger partial charge < -0.3 is 0 Å². The molecule has 0 atom stereocenters. The lowest BCUT2D eigenvalue weighted by Gasteiger charge is -1.96. The first kappa shape index (κ1) is 8.54. The minimum atomic E-state index is 0.590. The van der Waals surface area contributed by atoms with Gasteiger partial charge in [-0.2, -0.15) is 0 Å².